The number of fused-ring (bicyclic) bond motifs is 1. The summed E-state index contributed by atoms with van der Waals surface area (Å²) in [4.78, 5) is 25.3. The number of carbonyl (C=O) groups is 2. The SMILES string of the molecule is CCOC(=O)c1c(NC=O)[nH]c2ccccc12. The van der Waals surface area contributed by atoms with Crippen molar-refractivity contribution in [2.45, 2.75) is 6.92 Å². The highest BCUT2D eigenvalue weighted by Gasteiger charge is 2.18. The molecule has 88 valence electrons. The minimum Gasteiger partial charge on any atom is -0.462 e. The average Bonchev–Trinajstić information content (AvgIpc) is 2.67. The van der Waals surface area contributed by atoms with Crippen LogP contribution in [0.4, 0.5) is 5.82 Å². The number of hydrogen-bond donors (Lipinski definition) is 2. The lowest BCUT2D eigenvalue weighted by atomic mass is 10.1. The first-order valence-electron chi connectivity index (χ1n) is 5.26. The van der Waals surface area contributed by atoms with E-state index in [1.807, 2.05) is 18.2 Å². The molecule has 0 unspecified atom stereocenters. The van der Waals surface area contributed by atoms with E-state index < -0.39 is 5.97 Å². The molecular weight excluding hydrogens is 220 g/mol. The van der Waals surface area contributed by atoms with Gasteiger partial charge in [-0.2, -0.15) is 0 Å². The van der Waals surface area contributed by atoms with Crippen LogP contribution in [-0.2, 0) is 9.53 Å². The largest absolute Gasteiger partial charge is 0.462 e. The lowest BCUT2D eigenvalue weighted by Crippen LogP contribution is -2.07. The van der Waals surface area contributed by atoms with Gasteiger partial charge in [0.1, 0.15) is 11.4 Å². The Labute approximate surface area is 97.8 Å². The molecule has 2 rings (SSSR count). The number of amides is 1. The van der Waals surface area contributed by atoms with Gasteiger partial charge in [0.15, 0.2) is 0 Å². The second-order valence-electron chi connectivity index (χ2n) is 3.40. The zero-order valence-electron chi connectivity index (χ0n) is 9.32. The minimum atomic E-state index is -0.450. The second-order valence-corrected chi connectivity index (χ2v) is 3.40. The molecular formula is C12H12N2O3. The molecule has 0 bridgehead atoms. The molecule has 0 spiro atoms. The van der Waals surface area contributed by atoms with Crippen molar-refractivity contribution in [1.82, 2.24) is 4.98 Å². The van der Waals surface area contributed by atoms with E-state index in [-0.39, 0.29) is 0 Å². The first-order chi connectivity index (χ1) is 8.27. The number of para-hydroxylation sites is 1. The molecule has 2 aromatic rings. The number of ether oxygens (including phenoxy) is 1. The van der Waals surface area contributed by atoms with E-state index in [0.29, 0.717) is 24.4 Å². The van der Waals surface area contributed by atoms with E-state index in [2.05, 4.69) is 10.3 Å². The van der Waals surface area contributed by atoms with Crippen molar-refractivity contribution >= 4 is 29.1 Å². The molecule has 0 aliphatic rings. The topological polar surface area (TPSA) is 71.2 Å². The summed E-state index contributed by atoms with van der Waals surface area (Å²) in [5.41, 5.74) is 1.13. The average molecular weight is 232 g/mol. The Morgan fingerprint density at radius 1 is 1.47 bits per heavy atom. The number of aromatic nitrogens is 1. The number of H-pyrrole nitrogens is 1. The monoisotopic (exact) mass is 232 g/mol. The Hall–Kier alpha value is -2.30. The molecule has 5 heteroatoms. The first-order valence-corrected chi connectivity index (χ1v) is 5.26. The molecule has 0 fully saturated rings. The third-order valence-corrected chi connectivity index (χ3v) is 2.39. The normalized spacial score (nSPS) is 10.2. The maximum Gasteiger partial charge on any atom is 0.342 e. The number of anilines is 1. The Bertz CT molecular complexity index is 560. The van der Waals surface area contributed by atoms with Crippen molar-refractivity contribution in [2.24, 2.45) is 0 Å². The van der Waals surface area contributed by atoms with Crippen LogP contribution in [0.3, 0.4) is 0 Å². The molecule has 1 aromatic carbocycles. The van der Waals surface area contributed by atoms with E-state index in [4.69, 9.17) is 4.74 Å². The fourth-order valence-electron chi connectivity index (χ4n) is 1.72. The highest BCUT2D eigenvalue weighted by atomic mass is 16.5. The first kappa shape index (κ1) is 11.2. The third-order valence-electron chi connectivity index (χ3n) is 2.39. The molecule has 5 nitrogen and oxygen atoms in total. The lowest BCUT2D eigenvalue weighted by molar-refractivity contribution is -0.105. The van der Waals surface area contributed by atoms with Gasteiger partial charge in [0.25, 0.3) is 0 Å². The van der Waals surface area contributed by atoms with Crippen molar-refractivity contribution in [1.29, 1.82) is 0 Å². The van der Waals surface area contributed by atoms with Gasteiger partial charge >= 0.3 is 5.97 Å². The molecule has 1 aromatic heterocycles. The van der Waals surface area contributed by atoms with Crippen LogP contribution in [0.1, 0.15) is 17.3 Å². The number of hydrogen-bond acceptors (Lipinski definition) is 3. The number of rotatable bonds is 4. The smallest absolute Gasteiger partial charge is 0.342 e. The molecule has 1 amide bonds. The summed E-state index contributed by atoms with van der Waals surface area (Å²) < 4.78 is 4.97. The Morgan fingerprint density at radius 2 is 2.24 bits per heavy atom. The summed E-state index contributed by atoms with van der Waals surface area (Å²) in [6.07, 6.45) is 0.521. The van der Waals surface area contributed by atoms with Crippen LogP contribution < -0.4 is 5.32 Å². The predicted molar refractivity (Wildman–Crippen MR) is 63.9 cm³/mol. The van der Waals surface area contributed by atoms with Gasteiger partial charge in [-0.25, -0.2) is 4.79 Å². The van der Waals surface area contributed by atoms with E-state index in [0.717, 1.165) is 10.9 Å². The Balaban J connectivity index is 2.59. The van der Waals surface area contributed by atoms with Crippen LogP contribution in [0.5, 0.6) is 0 Å². The van der Waals surface area contributed by atoms with Crippen LogP contribution in [0, 0.1) is 0 Å². The maximum absolute atomic E-state index is 11.8. The third kappa shape index (κ3) is 1.99. The lowest BCUT2D eigenvalue weighted by Gasteiger charge is -2.02. The van der Waals surface area contributed by atoms with E-state index >= 15 is 0 Å². The van der Waals surface area contributed by atoms with E-state index in [9.17, 15) is 9.59 Å². The zero-order valence-corrected chi connectivity index (χ0v) is 9.32. The molecule has 17 heavy (non-hydrogen) atoms. The number of esters is 1. The van der Waals surface area contributed by atoms with Crippen molar-refractivity contribution in [3.05, 3.63) is 29.8 Å². The highest BCUT2D eigenvalue weighted by molar-refractivity contribution is 6.10. The van der Waals surface area contributed by atoms with Crippen molar-refractivity contribution in [2.75, 3.05) is 11.9 Å². The van der Waals surface area contributed by atoms with Gasteiger partial charge in [0.2, 0.25) is 6.41 Å². The summed E-state index contributed by atoms with van der Waals surface area (Å²) in [7, 11) is 0. The molecule has 0 saturated heterocycles. The quantitative estimate of drug-likeness (QED) is 0.624. The molecule has 0 aliphatic heterocycles. The highest BCUT2D eigenvalue weighted by Crippen LogP contribution is 2.26. The molecule has 0 atom stereocenters. The standard InChI is InChI=1S/C12H12N2O3/c1-2-17-12(16)10-8-5-3-4-6-9(8)14-11(10)13-7-15/h3-7,14H,2H2,1H3,(H,13,15). The second kappa shape index (κ2) is 4.69. The summed E-state index contributed by atoms with van der Waals surface area (Å²) in [5.74, 6) is -0.0889. The number of aromatic amines is 1. The predicted octanol–water partition coefficient (Wildman–Crippen LogP) is 1.91. The maximum atomic E-state index is 11.8. The number of nitrogens with one attached hydrogen (secondary N) is 2. The van der Waals surface area contributed by atoms with Crippen molar-refractivity contribution < 1.29 is 14.3 Å². The van der Waals surface area contributed by atoms with Crippen molar-refractivity contribution in [3.63, 3.8) is 0 Å². The summed E-state index contributed by atoms with van der Waals surface area (Å²) in [6.45, 7) is 2.03. The van der Waals surface area contributed by atoms with Crippen molar-refractivity contribution in [3.8, 4) is 0 Å². The summed E-state index contributed by atoms with van der Waals surface area (Å²) in [5, 5.41) is 3.20. The van der Waals surface area contributed by atoms with Crippen LogP contribution >= 0.6 is 0 Å². The van der Waals surface area contributed by atoms with Gasteiger partial charge in [-0.3, -0.25) is 4.79 Å². The fraction of sp³-hybridized carbons (Fsp3) is 0.167. The van der Waals surface area contributed by atoms with Gasteiger partial charge < -0.3 is 15.0 Å². The Morgan fingerprint density at radius 3 is 2.94 bits per heavy atom. The van der Waals surface area contributed by atoms with Gasteiger partial charge in [0, 0.05) is 10.9 Å². The van der Waals surface area contributed by atoms with Gasteiger partial charge in [-0.05, 0) is 13.0 Å². The van der Waals surface area contributed by atoms with Gasteiger partial charge in [-0.1, -0.05) is 18.2 Å². The van der Waals surface area contributed by atoms with Crippen LogP contribution in [-0.4, -0.2) is 24.0 Å². The fourth-order valence-corrected chi connectivity index (χ4v) is 1.72. The van der Waals surface area contributed by atoms with Crippen LogP contribution in [0.25, 0.3) is 10.9 Å². The Kier molecular flexibility index (Phi) is 3.09. The van der Waals surface area contributed by atoms with Gasteiger partial charge in [-0.15, -0.1) is 0 Å². The van der Waals surface area contributed by atoms with Crippen LogP contribution in [0.2, 0.25) is 0 Å². The summed E-state index contributed by atoms with van der Waals surface area (Å²) >= 11 is 0. The number of carbonyl (C=O) groups excluding carboxylic acids is 2. The summed E-state index contributed by atoms with van der Waals surface area (Å²) in [6, 6.07) is 7.30. The van der Waals surface area contributed by atoms with Gasteiger partial charge in [0.05, 0.1) is 6.61 Å². The van der Waals surface area contributed by atoms with Crippen LogP contribution in [0.15, 0.2) is 24.3 Å². The zero-order chi connectivity index (χ0) is 12.3. The number of benzene rings is 1. The molecule has 2 N–H and O–H groups in total. The molecule has 1 heterocycles. The minimum absolute atomic E-state index is 0.291. The molecule has 0 aliphatic carbocycles. The van der Waals surface area contributed by atoms with E-state index in [1.54, 1.807) is 13.0 Å². The molecule has 0 saturated carbocycles. The molecule has 0 radical (unpaired) electrons. The van der Waals surface area contributed by atoms with E-state index in [1.165, 1.54) is 0 Å².